The maximum Gasteiger partial charge on any atom is 0.416 e. The molecule has 1 saturated heterocycles. The quantitative estimate of drug-likeness (QED) is 0.170. The molecule has 0 aliphatic carbocycles. The zero-order chi connectivity index (χ0) is 36.8. The highest BCUT2D eigenvalue weighted by atomic mass is 32.2. The normalized spacial score (nSPS) is 14.5. The fourth-order valence-corrected chi connectivity index (χ4v) is 7.02. The van der Waals surface area contributed by atoms with Crippen molar-refractivity contribution in [1.29, 1.82) is 5.26 Å². The van der Waals surface area contributed by atoms with Gasteiger partial charge in [-0.25, -0.2) is 12.7 Å². The van der Waals surface area contributed by atoms with Crippen LogP contribution in [0.5, 0.6) is 0 Å². The number of hydrogen-bond acceptors (Lipinski definition) is 7. The van der Waals surface area contributed by atoms with Crippen LogP contribution < -0.4 is 19.8 Å². The third-order valence-corrected chi connectivity index (χ3v) is 9.45. The van der Waals surface area contributed by atoms with Crippen LogP contribution in [0.25, 0.3) is 0 Å². The maximum atomic E-state index is 14.2. The number of amides is 2. The van der Waals surface area contributed by atoms with Gasteiger partial charge in [-0.1, -0.05) is 60.7 Å². The first-order valence-corrected chi connectivity index (χ1v) is 17.9. The van der Waals surface area contributed by atoms with E-state index in [1.165, 1.54) is 59.5 Å². The van der Waals surface area contributed by atoms with Gasteiger partial charge in [0.1, 0.15) is 0 Å². The number of hydrogen-bond donors (Lipinski definition) is 3. The predicted octanol–water partition coefficient (Wildman–Crippen LogP) is 5.29. The number of carbonyl (C=O) groups is 2. The first-order valence-electron chi connectivity index (χ1n) is 16.1. The number of anilines is 3. The van der Waals surface area contributed by atoms with E-state index in [9.17, 15) is 41.5 Å². The molecule has 3 N–H and O–H groups in total. The van der Waals surface area contributed by atoms with E-state index in [4.69, 9.17) is 0 Å². The number of carbonyl (C=O) groups excluding carboxylic acids is 2. The molecule has 10 nitrogen and oxygen atoms in total. The average molecular weight is 720 g/mol. The second kappa shape index (κ2) is 15.8. The Balaban J connectivity index is 1.48. The van der Waals surface area contributed by atoms with Crippen molar-refractivity contribution in [2.24, 2.45) is 0 Å². The van der Waals surface area contributed by atoms with Crippen molar-refractivity contribution < 1.29 is 36.3 Å². The first kappa shape index (κ1) is 37.0. The molecule has 4 aromatic carbocycles. The van der Waals surface area contributed by atoms with Gasteiger partial charge in [0.15, 0.2) is 0 Å². The highest BCUT2D eigenvalue weighted by molar-refractivity contribution is 7.92. The second-order valence-corrected chi connectivity index (χ2v) is 14.0. The maximum absolute atomic E-state index is 14.2. The minimum atomic E-state index is -4.50. The Morgan fingerprint density at radius 2 is 1.71 bits per heavy atom. The Morgan fingerprint density at radius 3 is 2.37 bits per heavy atom. The summed E-state index contributed by atoms with van der Waals surface area (Å²) < 4.78 is 67.3. The van der Waals surface area contributed by atoms with Crippen LogP contribution in [0.2, 0.25) is 0 Å². The van der Waals surface area contributed by atoms with Gasteiger partial charge in [0.05, 0.1) is 58.2 Å². The molecule has 1 aliphatic rings. The van der Waals surface area contributed by atoms with Gasteiger partial charge in [-0.05, 0) is 60.4 Å². The molecular weight excluding hydrogens is 683 g/mol. The lowest BCUT2D eigenvalue weighted by Crippen LogP contribution is -2.49. The van der Waals surface area contributed by atoms with E-state index in [1.807, 2.05) is 24.3 Å². The van der Waals surface area contributed by atoms with Crippen molar-refractivity contribution in [1.82, 2.24) is 10.6 Å². The van der Waals surface area contributed by atoms with Gasteiger partial charge < -0.3 is 20.6 Å². The smallest absolute Gasteiger partial charge is 0.390 e. The summed E-state index contributed by atoms with van der Waals surface area (Å²) in [5.41, 5.74) is 0.740. The van der Waals surface area contributed by atoms with Crippen LogP contribution in [-0.4, -0.2) is 56.8 Å². The summed E-state index contributed by atoms with van der Waals surface area (Å²) in [6.45, 7) is 0.148. The van der Waals surface area contributed by atoms with Crippen LogP contribution >= 0.6 is 0 Å². The van der Waals surface area contributed by atoms with E-state index in [0.717, 1.165) is 28.3 Å². The Kier molecular flexibility index (Phi) is 11.4. The summed E-state index contributed by atoms with van der Waals surface area (Å²) in [5, 5.41) is 26.7. The SMILES string of the molecule is CS(=O)(=O)N(c1cccc(C#N)c1)c1cccc(C(=O)N[C@@H](Cc2ccccc2)[C@H](O)CNCc2cccc(C(F)(F)F)c2)c1N1CCCC1=O. The molecule has 0 aromatic heterocycles. The molecule has 0 radical (unpaired) electrons. The number of nitriles is 1. The molecule has 51 heavy (non-hydrogen) atoms. The molecule has 2 atom stereocenters. The zero-order valence-electron chi connectivity index (χ0n) is 27.6. The van der Waals surface area contributed by atoms with Gasteiger partial charge in [0.2, 0.25) is 15.9 Å². The van der Waals surface area contributed by atoms with E-state index in [0.29, 0.717) is 12.0 Å². The van der Waals surface area contributed by atoms with E-state index in [1.54, 1.807) is 12.1 Å². The van der Waals surface area contributed by atoms with E-state index in [2.05, 4.69) is 10.6 Å². The summed E-state index contributed by atoms with van der Waals surface area (Å²) in [6.07, 6.45) is -3.91. The lowest BCUT2D eigenvalue weighted by Gasteiger charge is -2.31. The van der Waals surface area contributed by atoms with Crippen molar-refractivity contribution in [3.05, 3.63) is 125 Å². The molecule has 266 valence electrons. The molecule has 2 amide bonds. The van der Waals surface area contributed by atoms with Crippen LogP contribution in [0.3, 0.4) is 0 Å². The van der Waals surface area contributed by atoms with E-state index >= 15 is 0 Å². The van der Waals surface area contributed by atoms with Crippen LogP contribution in [0.15, 0.2) is 97.1 Å². The van der Waals surface area contributed by atoms with Gasteiger partial charge >= 0.3 is 6.18 Å². The van der Waals surface area contributed by atoms with Gasteiger partial charge in [0, 0.05) is 26.1 Å². The monoisotopic (exact) mass is 719 g/mol. The number of benzene rings is 4. The number of halogens is 3. The number of sulfonamides is 1. The van der Waals surface area contributed by atoms with Crippen LogP contribution in [-0.2, 0) is 34.0 Å². The molecule has 1 aliphatic heterocycles. The molecule has 0 spiro atoms. The van der Waals surface area contributed by atoms with E-state index < -0.39 is 39.8 Å². The van der Waals surface area contributed by atoms with Crippen molar-refractivity contribution >= 4 is 38.9 Å². The number of aliphatic hydroxyl groups is 1. The Hall–Kier alpha value is -5.23. The summed E-state index contributed by atoms with van der Waals surface area (Å²) in [5.74, 6) is -1.00. The average Bonchev–Trinajstić information content (AvgIpc) is 3.52. The molecule has 1 fully saturated rings. The highest BCUT2D eigenvalue weighted by Crippen LogP contribution is 2.41. The minimum Gasteiger partial charge on any atom is -0.390 e. The lowest BCUT2D eigenvalue weighted by molar-refractivity contribution is -0.137. The second-order valence-electron chi connectivity index (χ2n) is 12.2. The number of rotatable bonds is 13. The van der Waals surface area contributed by atoms with Crippen molar-refractivity contribution in [3.8, 4) is 6.07 Å². The number of nitrogens with one attached hydrogen (secondary N) is 2. The van der Waals surface area contributed by atoms with Crippen LogP contribution in [0.1, 0.15) is 45.5 Å². The molecule has 0 unspecified atom stereocenters. The van der Waals surface area contributed by atoms with Crippen molar-refractivity contribution in [2.75, 3.05) is 28.6 Å². The molecule has 4 aromatic rings. The molecule has 5 rings (SSSR count). The largest absolute Gasteiger partial charge is 0.416 e. The van der Waals surface area contributed by atoms with E-state index in [-0.39, 0.29) is 66.6 Å². The summed E-state index contributed by atoms with van der Waals surface area (Å²) in [4.78, 5) is 28.8. The Bertz CT molecular complexity index is 2040. The Labute approximate surface area is 294 Å². The third-order valence-electron chi connectivity index (χ3n) is 8.38. The van der Waals surface area contributed by atoms with Crippen LogP contribution in [0.4, 0.5) is 30.2 Å². The number of para-hydroxylation sites is 1. The number of nitrogens with zero attached hydrogens (tertiary/aromatic N) is 3. The highest BCUT2D eigenvalue weighted by Gasteiger charge is 2.34. The molecule has 0 bridgehead atoms. The molecule has 1 heterocycles. The number of alkyl halides is 3. The Morgan fingerprint density at radius 1 is 1.00 bits per heavy atom. The van der Waals surface area contributed by atoms with Crippen LogP contribution in [0, 0.1) is 11.3 Å². The van der Waals surface area contributed by atoms with Gasteiger partial charge in [-0.15, -0.1) is 0 Å². The molecule has 0 saturated carbocycles. The number of aliphatic hydroxyl groups excluding tert-OH is 1. The standard InChI is InChI=1S/C37H36F3N5O5S/c1-51(49,50)45(29-14-6-11-26(20-29)22-41)32-16-7-15-30(35(32)44-18-8-17-34(44)47)36(48)43-31(21-25-9-3-2-4-10-25)33(46)24-42-23-27-12-5-13-28(19-27)37(38,39)40/h2-7,9-16,19-20,31,33,42,46H,8,17-18,21,23-24H2,1H3,(H,43,48)/t31-,33+/m0/s1. The molecular formula is C37H36F3N5O5S. The first-order chi connectivity index (χ1) is 24.3. The topological polar surface area (TPSA) is 143 Å². The van der Waals surface area contributed by atoms with Crippen molar-refractivity contribution in [2.45, 2.75) is 44.1 Å². The van der Waals surface area contributed by atoms with Gasteiger partial charge in [-0.3, -0.25) is 9.59 Å². The van der Waals surface area contributed by atoms with Gasteiger partial charge in [-0.2, -0.15) is 18.4 Å². The third kappa shape index (κ3) is 9.12. The fraction of sp³-hybridized carbons (Fsp3) is 0.270. The predicted molar refractivity (Wildman–Crippen MR) is 187 cm³/mol. The summed E-state index contributed by atoms with van der Waals surface area (Å²) >= 11 is 0. The summed E-state index contributed by atoms with van der Waals surface area (Å²) in [6, 6.07) is 25.3. The summed E-state index contributed by atoms with van der Waals surface area (Å²) in [7, 11) is -4.09. The fourth-order valence-electron chi connectivity index (χ4n) is 6.02. The van der Waals surface area contributed by atoms with Gasteiger partial charge in [0.25, 0.3) is 5.91 Å². The molecule has 14 heteroatoms. The van der Waals surface area contributed by atoms with Crippen molar-refractivity contribution in [3.63, 3.8) is 0 Å². The zero-order valence-corrected chi connectivity index (χ0v) is 28.4. The lowest BCUT2D eigenvalue weighted by atomic mass is 9.99. The minimum absolute atomic E-state index is 0.0184.